The topological polar surface area (TPSA) is 74.0 Å². The number of hydrogen-bond acceptors (Lipinski definition) is 7. The largest absolute Gasteiger partial charge is 0.487 e. The molecule has 0 atom stereocenters. The number of carbonyl (C=O) groups excluding carboxylic acids is 1. The van der Waals surface area contributed by atoms with Crippen LogP contribution in [-0.2, 0) is 24.5 Å². The first kappa shape index (κ1) is 24.2. The van der Waals surface area contributed by atoms with Crippen molar-refractivity contribution in [3.8, 4) is 22.6 Å². The number of carbonyl (C=O) groups is 1. The number of aromatic nitrogens is 1. The maximum absolute atomic E-state index is 13.4. The van der Waals surface area contributed by atoms with Crippen molar-refractivity contribution in [3.05, 3.63) is 101 Å². The highest BCUT2D eigenvalue weighted by atomic mass is 32.1. The van der Waals surface area contributed by atoms with Crippen molar-refractivity contribution in [3.63, 3.8) is 0 Å². The maximum atomic E-state index is 13.4. The Morgan fingerprint density at radius 3 is 2.84 bits per heavy atom. The number of hydrogen-bond donors (Lipinski definition) is 0. The summed E-state index contributed by atoms with van der Waals surface area (Å²) in [4.78, 5) is 19.5. The molecule has 0 bridgehead atoms. The summed E-state index contributed by atoms with van der Waals surface area (Å²) in [5.74, 6) is 1.99. The predicted molar refractivity (Wildman–Crippen MR) is 145 cm³/mol. The number of thiophene rings is 1. The van der Waals surface area contributed by atoms with Gasteiger partial charge in [-0.25, -0.2) is 0 Å². The van der Waals surface area contributed by atoms with E-state index in [-0.39, 0.29) is 11.7 Å². The van der Waals surface area contributed by atoms with Crippen LogP contribution >= 0.6 is 11.3 Å². The summed E-state index contributed by atoms with van der Waals surface area (Å²) in [5.41, 5.74) is 3.83. The Morgan fingerprint density at radius 2 is 1.97 bits per heavy atom. The van der Waals surface area contributed by atoms with Crippen molar-refractivity contribution in [1.82, 2.24) is 9.88 Å². The number of fused-ring (bicyclic) bond motifs is 2. The van der Waals surface area contributed by atoms with Gasteiger partial charge in [-0.3, -0.25) is 9.78 Å². The summed E-state index contributed by atoms with van der Waals surface area (Å²) >= 11 is 1.71. The van der Waals surface area contributed by atoms with Crippen LogP contribution in [0.3, 0.4) is 0 Å². The molecule has 192 valence electrons. The van der Waals surface area contributed by atoms with E-state index in [4.69, 9.17) is 18.6 Å². The summed E-state index contributed by atoms with van der Waals surface area (Å²) in [7, 11) is 1.59. The molecule has 0 aliphatic carbocycles. The Hall–Kier alpha value is -4.14. The molecule has 7 nitrogen and oxygen atoms in total. The van der Waals surface area contributed by atoms with Gasteiger partial charge in [-0.2, -0.15) is 0 Å². The highest BCUT2D eigenvalue weighted by Crippen LogP contribution is 2.42. The Bertz CT molecular complexity index is 1580. The molecule has 1 aliphatic rings. The molecule has 0 spiro atoms. The van der Waals surface area contributed by atoms with Gasteiger partial charge in [-0.05, 0) is 53.4 Å². The average Bonchev–Trinajstić information content (AvgIpc) is 3.54. The van der Waals surface area contributed by atoms with Crippen LogP contribution < -0.4 is 9.47 Å². The minimum Gasteiger partial charge on any atom is -0.487 e. The molecule has 8 heteroatoms. The lowest BCUT2D eigenvalue weighted by Crippen LogP contribution is -2.32. The number of methoxy groups -OCH3 is 1. The minimum atomic E-state index is -0.189. The smallest absolute Gasteiger partial charge is 0.289 e. The quantitative estimate of drug-likeness (QED) is 0.247. The SMILES string of the molecule is COCc1ccc(C(=O)N2CCOc3c(cc(-c4csc5ccccc45)cc3OCc3ccccn3)C2)o1. The van der Waals surface area contributed by atoms with Crippen LogP contribution in [0.1, 0.15) is 27.6 Å². The number of rotatable bonds is 7. The molecule has 0 radical (unpaired) electrons. The van der Waals surface area contributed by atoms with E-state index >= 15 is 0 Å². The lowest BCUT2D eigenvalue weighted by atomic mass is 10.0. The molecule has 0 saturated heterocycles. The monoisotopic (exact) mass is 526 g/mol. The van der Waals surface area contributed by atoms with Crippen LogP contribution in [0.25, 0.3) is 21.2 Å². The first-order valence-electron chi connectivity index (χ1n) is 12.4. The fourth-order valence-corrected chi connectivity index (χ4v) is 5.59. The molecule has 5 aromatic rings. The van der Waals surface area contributed by atoms with Gasteiger partial charge >= 0.3 is 0 Å². The van der Waals surface area contributed by atoms with E-state index in [2.05, 4.69) is 28.6 Å². The zero-order chi connectivity index (χ0) is 25.9. The molecule has 0 saturated carbocycles. The standard InChI is InChI=1S/C30H26N2O5S/c1-34-18-23-9-10-26(37-23)30(33)32-12-13-35-29-21(16-32)14-20(25-19-38-28-8-3-2-7-24(25)28)15-27(29)36-17-22-6-4-5-11-31-22/h2-11,14-15,19H,12-13,16-18H2,1H3. The second-order valence-electron chi connectivity index (χ2n) is 8.99. The van der Waals surface area contributed by atoms with Crippen molar-refractivity contribution < 1.29 is 23.4 Å². The lowest BCUT2D eigenvalue weighted by molar-refractivity contribution is 0.0693. The zero-order valence-corrected chi connectivity index (χ0v) is 21.7. The van der Waals surface area contributed by atoms with E-state index in [9.17, 15) is 4.79 Å². The molecular weight excluding hydrogens is 500 g/mol. The van der Waals surface area contributed by atoms with Gasteiger partial charge in [0, 0.05) is 34.5 Å². The van der Waals surface area contributed by atoms with Gasteiger partial charge in [-0.15, -0.1) is 11.3 Å². The second-order valence-corrected chi connectivity index (χ2v) is 9.90. The molecular formula is C30H26N2O5S. The van der Waals surface area contributed by atoms with Crippen LogP contribution in [0.15, 0.2) is 82.7 Å². The second kappa shape index (κ2) is 10.7. The number of pyridine rings is 1. The average molecular weight is 527 g/mol. The van der Waals surface area contributed by atoms with Crippen LogP contribution in [0.4, 0.5) is 0 Å². The highest BCUT2D eigenvalue weighted by Gasteiger charge is 2.26. The zero-order valence-electron chi connectivity index (χ0n) is 20.9. The van der Waals surface area contributed by atoms with Crippen LogP contribution in [0.5, 0.6) is 11.5 Å². The highest BCUT2D eigenvalue weighted by molar-refractivity contribution is 7.17. The normalized spacial score (nSPS) is 13.1. The number of benzene rings is 2. The maximum Gasteiger partial charge on any atom is 0.289 e. The number of amides is 1. The van der Waals surface area contributed by atoms with E-state index in [1.807, 2.05) is 36.4 Å². The minimum absolute atomic E-state index is 0.189. The molecule has 0 unspecified atom stereocenters. The van der Waals surface area contributed by atoms with Gasteiger partial charge in [-0.1, -0.05) is 24.3 Å². The molecule has 38 heavy (non-hydrogen) atoms. The molecule has 4 heterocycles. The summed E-state index contributed by atoms with van der Waals surface area (Å²) < 4.78 is 24.5. The third-order valence-corrected chi connectivity index (χ3v) is 7.40. The Balaban J connectivity index is 1.37. The molecule has 3 aromatic heterocycles. The Morgan fingerprint density at radius 1 is 1.08 bits per heavy atom. The summed E-state index contributed by atoms with van der Waals surface area (Å²) in [6.45, 7) is 1.75. The number of nitrogens with zero attached hydrogens (tertiary/aromatic N) is 2. The first-order valence-corrected chi connectivity index (χ1v) is 13.2. The van der Waals surface area contributed by atoms with Crippen LogP contribution in [0, 0.1) is 0 Å². The molecule has 2 aromatic carbocycles. The van der Waals surface area contributed by atoms with E-state index in [1.165, 1.54) is 10.1 Å². The van der Waals surface area contributed by atoms with E-state index in [1.54, 1.807) is 41.7 Å². The van der Waals surface area contributed by atoms with Crippen LogP contribution in [-0.4, -0.2) is 36.1 Å². The van der Waals surface area contributed by atoms with Gasteiger partial charge in [0.15, 0.2) is 17.3 Å². The van der Waals surface area contributed by atoms with E-state index in [0.717, 1.165) is 22.4 Å². The van der Waals surface area contributed by atoms with Crippen LogP contribution in [0.2, 0.25) is 0 Å². The Kier molecular flexibility index (Phi) is 6.81. The number of ether oxygens (including phenoxy) is 3. The van der Waals surface area contributed by atoms with Gasteiger partial charge in [0.2, 0.25) is 0 Å². The summed E-state index contributed by atoms with van der Waals surface area (Å²) in [5, 5.41) is 3.34. The molecule has 0 fully saturated rings. The van der Waals surface area contributed by atoms with Gasteiger partial charge in [0.05, 0.1) is 18.8 Å². The van der Waals surface area contributed by atoms with E-state index in [0.29, 0.717) is 50.2 Å². The molecule has 1 aliphatic heterocycles. The third-order valence-electron chi connectivity index (χ3n) is 6.44. The fraction of sp³-hybridized carbons (Fsp3) is 0.200. The van der Waals surface area contributed by atoms with Crippen molar-refractivity contribution in [2.75, 3.05) is 20.3 Å². The van der Waals surface area contributed by atoms with Crippen molar-refractivity contribution in [2.45, 2.75) is 19.8 Å². The molecule has 6 rings (SSSR count). The predicted octanol–water partition coefficient (Wildman–Crippen LogP) is 6.32. The molecule has 0 N–H and O–H groups in total. The van der Waals surface area contributed by atoms with Crippen molar-refractivity contribution in [1.29, 1.82) is 0 Å². The summed E-state index contributed by atoms with van der Waals surface area (Å²) in [6.07, 6.45) is 1.75. The van der Waals surface area contributed by atoms with Gasteiger partial charge < -0.3 is 23.5 Å². The summed E-state index contributed by atoms with van der Waals surface area (Å²) in [6, 6.07) is 21.7. The van der Waals surface area contributed by atoms with Crippen molar-refractivity contribution in [2.24, 2.45) is 0 Å². The third kappa shape index (κ3) is 4.88. The van der Waals surface area contributed by atoms with Gasteiger partial charge in [0.1, 0.15) is 25.6 Å². The van der Waals surface area contributed by atoms with Gasteiger partial charge in [0.25, 0.3) is 5.91 Å². The van der Waals surface area contributed by atoms with Crippen molar-refractivity contribution >= 4 is 27.3 Å². The fourth-order valence-electron chi connectivity index (χ4n) is 4.62. The lowest BCUT2D eigenvalue weighted by Gasteiger charge is -2.19. The first-order chi connectivity index (χ1) is 18.7. The molecule has 1 amide bonds. The number of furan rings is 1. The van der Waals surface area contributed by atoms with E-state index < -0.39 is 0 Å². The Labute approximate surface area is 224 Å².